The average molecular weight is 124 g/mol. The van der Waals surface area contributed by atoms with Gasteiger partial charge in [-0.3, -0.25) is 0 Å². The van der Waals surface area contributed by atoms with Gasteiger partial charge in [0.1, 0.15) is 0 Å². The van der Waals surface area contributed by atoms with Crippen molar-refractivity contribution in [1.29, 1.82) is 0 Å². The van der Waals surface area contributed by atoms with Gasteiger partial charge in [0.15, 0.2) is 0 Å². The van der Waals surface area contributed by atoms with Crippen molar-refractivity contribution in [3.8, 4) is 0 Å². The molecule has 0 bridgehead atoms. The van der Waals surface area contributed by atoms with Crippen LogP contribution in [0, 0.1) is 0 Å². The molecule has 0 rings (SSSR count). The summed E-state index contributed by atoms with van der Waals surface area (Å²) in [5.74, 6) is 0. The Balaban J connectivity index is 0. The minimum Gasteiger partial charge on any atom is -0.310 e. The van der Waals surface area contributed by atoms with Gasteiger partial charge in [-0.1, -0.05) is 6.92 Å². The zero-order valence-corrected chi connectivity index (χ0v) is 6.00. The van der Waals surface area contributed by atoms with Gasteiger partial charge in [-0.2, -0.15) is 0 Å². The maximum atomic E-state index is 2.12. The van der Waals surface area contributed by atoms with Crippen molar-refractivity contribution in [2.75, 3.05) is 20.6 Å². The van der Waals surface area contributed by atoms with Gasteiger partial charge >= 0.3 is 0 Å². The molecule has 0 aromatic heterocycles. The molecule has 0 aromatic rings. The minimum absolute atomic E-state index is 0. The molecule has 0 fully saturated rings. The van der Waals surface area contributed by atoms with E-state index in [1.165, 1.54) is 0 Å². The molecule has 0 aromatic carbocycles. The van der Waals surface area contributed by atoms with Crippen molar-refractivity contribution in [1.82, 2.24) is 4.90 Å². The first-order valence-electron chi connectivity index (χ1n) is 1.92. The van der Waals surface area contributed by atoms with E-state index in [0.29, 0.717) is 0 Å². The molecule has 0 saturated carbocycles. The quantitative estimate of drug-likeness (QED) is 0.493. The van der Waals surface area contributed by atoms with Crippen LogP contribution >= 0.6 is 0 Å². The molecule has 0 spiro atoms. The normalized spacial score (nSPS) is 8.00. The Morgan fingerprint density at radius 3 is 1.50 bits per heavy atom. The summed E-state index contributed by atoms with van der Waals surface area (Å²) in [4.78, 5) is 2.12. The maximum Gasteiger partial charge on any atom is 0 e. The molecule has 37 valence electrons. The van der Waals surface area contributed by atoms with Gasteiger partial charge in [-0.25, -0.2) is 0 Å². The van der Waals surface area contributed by atoms with E-state index in [1.54, 1.807) is 0 Å². The topological polar surface area (TPSA) is 3.24 Å². The molecule has 0 aliphatic carbocycles. The summed E-state index contributed by atoms with van der Waals surface area (Å²) in [5, 5.41) is 0. The predicted octanol–water partition coefficient (Wildman–Crippen LogP) is 0.565. The van der Waals surface area contributed by atoms with E-state index >= 15 is 0 Å². The second kappa shape index (κ2) is 5.54. The van der Waals surface area contributed by atoms with Crippen LogP contribution in [-0.4, -0.2) is 25.5 Å². The molecule has 0 heterocycles. The SMILES string of the molecule is CCN(C)C.[V]. The number of nitrogens with zero attached hydrogens (tertiary/aromatic N) is 1. The van der Waals surface area contributed by atoms with Crippen LogP contribution in [0.2, 0.25) is 0 Å². The third kappa shape index (κ3) is 8.82. The predicted molar refractivity (Wildman–Crippen MR) is 24.2 cm³/mol. The zero-order chi connectivity index (χ0) is 4.28. The third-order valence-electron chi connectivity index (χ3n) is 0.632. The van der Waals surface area contributed by atoms with E-state index < -0.39 is 0 Å². The molecule has 0 N–H and O–H groups in total. The Bertz CT molecular complexity index is 21.5. The number of hydrogen-bond donors (Lipinski definition) is 0. The van der Waals surface area contributed by atoms with Crippen LogP contribution in [-0.2, 0) is 18.6 Å². The standard InChI is InChI=1S/C4H11N.V/c1-4-5(2)3;/h4H2,1-3H3;. The Hall–Kier alpha value is 0.544. The Morgan fingerprint density at radius 1 is 1.33 bits per heavy atom. The smallest absolute Gasteiger partial charge is 0 e. The van der Waals surface area contributed by atoms with E-state index in [2.05, 4.69) is 25.9 Å². The molecule has 0 atom stereocenters. The van der Waals surface area contributed by atoms with Gasteiger partial charge in [0, 0.05) is 18.6 Å². The molecule has 0 amide bonds. The fourth-order valence-corrected chi connectivity index (χ4v) is 0. The van der Waals surface area contributed by atoms with E-state index in [4.69, 9.17) is 0 Å². The van der Waals surface area contributed by atoms with E-state index in [1.807, 2.05) is 0 Å². The van der Waals surface area contributed by atoms with Crippen LogP contribution in [0.15, 0.2) is 0 Å². The van der Waals surface area contributed by atoms with Crippen LogP contribution in [0.25, 0.3) is 0 Å². The summed E-state index contributed by atoms with van der Waals surface area (Å²) in [6, 6.07) is 0. The van der Waals surface area contributed by atoms with Crippen molar-refractivity contribution in [3.05, 3.63) is 0 Å². The molecule has 0 aliphatic heterocycles. The molecule has 0 saturated heterocycles. The second-order valence-corrected chi connectivity index (χ2v) is 1.40. The van der Waals surface area contributed by atoms with Gasteiger partial charge in [0.2, 0.25) is 0 Å². The first-order valence-corrected chi connectivity index (χ1v) is 1.92. The third-order valence-corrected chi connectivity index (χ3v) is 0.632. The summed E-state index contributed by atoms with van der Waals surface area (Å²) in [5.41, 5.74) is 0. The molecule has 6 heavy (non-hydrogen) atoms. The summed E-state index contributed by atoms with van der Waals surface area (Å²) >= 11 is 0. The molecule has 2 heteroatoms. The summed E-state index contributed by atoms with van der Waals surface area (Å²) in [6.45, 7) is 3.26. The fourth-order valence-electron chi connectivity index (χ4n) is 0. The van der Waals surface area contributed by atoms with Crippen molar-refractivity contribution in [2.45, 2.75) is 6.92 Å². The Morgan fingerprint density at radius 2 is 1.50 bits per heavy atom. The van der Waals surface area contributed by atoms with Crippen molar-refractivity contribution in [2.24, 2.45) is 0 Å². The van der Waals surface area contributed by atoms with Gasteiger partial charge < -0.3 is 4.90 Å². The van der Waals surface area contributed by atoms with Crippen LogP contribution in [0.1, 0.15) is 6.92 Å². The van der Waals surface area contributed by atoms with Crippen LogP contribution in [0.5, 0.6) is 0 Å². The molecular weight excluding hydrogens is 113 g/mol. The molecular formula is C4H11NV. The molecule has 0 unspecified atom stereocenters. The van der Waals surface area contributed by atoms with Crippen LogP contribution in [0.3, 0.4) is 0 Å². The molecule has 1 radical (unpaired) electrons. The van der Waals surface area contributed by atoms with E-state index in [9.17, 15) is 0 Å². The fraction of sp³-hybridized carbons (Fsp3) is 1.00. The van der Waals surface area contributed by atoms with E-state index in [-0.39, 0.29) is 18.6 Å². The first-order chi connectivity index (χ1) is 2.27. The summed E-state index contributed by atoms with van der Waals surface area (Å²) in [6.07, 6.45) is 0. The first kappa shape index (κ1) is 9.74. The summed E-state index contributed by atoms with van der Waals surface area (Å²) in [7, 11) is 4.11. The van der Waals surface area contributed by atoms with Crippen molar-refractivity contribution in [3.63, 3.8) is 0 Å². The van der Waals surface area contributed by atoms with Crippen LogP contribution < -0.4 is 0 Å². The minimum atomic E-state index is 0. The van der Waals surface area contributed by atoms with Gasteiger partial charge in [-0.05, 0) is 20.6 Å². The monoisotopic (exact) mass is 124 g/mol. The second-order valence-electron chi connectivity index (χ2n) is 1.40. The van der Waals surface area contributed by atoms with Crippen molar-refractivity contribution >= 4 is 0 Å². The number of rotatable bonds is 1. The van der Waals surface area contributed by atoms with Gasteiger partial charge in [-0.15, -0.1) is 0 Å². The van der Waals surface area contributed by atoms with Crippen LogP contribution in [0.4, 0.5) is 0 Å². The van der Waals surface area contributed by atoms with Gasteiger partial charge in [0.05, 0.1) is 0 Å². The van der Waals surface area contributed by atoms with E-state index in [0.717, 1.165) is 6.54 Å². The zero-order valence-electron chi connectivity index (χ0n) is 4.60. The van der Waals surface area contributed by atoms with Crippen molar-refractivity contribution < 1.29 is 18.6 Å². The molecule has 0 aliphatic rings. The Kier molecular flexibility index (Phi) is 9.00. The van der Waals surface area contributed by atoms with Gasteiger partial charge in [0.25, 0.3) is 0 Å². The molecule has 1 nitrogen and oxygen atoms in total. The maximum absolute atomic E-state index is 2.12. The summed E-state index contributed by atoms with van der Waals surface area (Å²) < 4.78 is 0. The number of hydrogen-bond acceptors (Lipinski definition) is 1. The Labute approximate surface area is 51.6 Å². The average Bonchev–Trinajstić information content (AvgIpc) is 1.38. The largest absolute Gasteiger partial charge is 0.310 e.